The Kier molecular flexibility index (Phi) is 7.95. The summed E-state index contributed by atoms with van der Waals surface area (Å²) < 4.78 is 43.3. The largest absolute Gasteiger partial charge is 0.490 e. The molecule has 0 aliphatic carbocycles. The number of hydrogen-bond donors (Lipinski definition) is 1. The summed E-state index contributed by atoms with van der Waals surface area (Å²) in [5.41, 5.74) is 0. The topological polar surface area (TPSA) is 79.3 Å². The van der Waals surface area contributed by atoms with Crippen LogP contribution in [0.1, 0.15) is 29.0 Å². The molecule has 1 N–H and O–H groups in total. The molecule has 3 saturated heterocycles. The molecular weight excluding hydrogens is 437 g/mol. The minimum Gasteiger partial charge on any atom is -0.475 e. The number of carbonyl (C=O) groups is 2. The van der Waals surface area contributed by atoms with Gasteiger partial charge in [0.05, 0.1) is 19.3 Å². The molecule has 0 unspecified atom stereocenters. The Morgan fingerprint density at radius 3 is 2.42 bits per heavy atom. The first-order valence-electron chi connectivity index (χ1n) is 10.3. The number of nitrogens with zero attached hydrogens (tertiary/aromatic N) is 2. The van der Waals surface area contributed by atoms with E-state index in [1.54, 1.807) is 0 Å². The second-order valence-corrected chi connectivity index (χ2v) is 9.19. The van der Waals surface area contributed by atoms with Gasteiger partial charge in [-0.05, 0) is 38.3 Å². The van der Waals surface area contributed by atoms with Crippen LogP contribution in [0.5, 0.6) is 0 Å². The second-order valence-electron chi connectivity index (χ2n) is 7.82. The van der Waals surface area contributed by atoms with Crippen LogP contribution in [0, 0.1) is 6.92 Å². The molecule has 0 bridgehead atoms. The standard InChI is InChI=1S/C18H26N2O3S.C2HF3O2/c1-13-2-3-14(24-13)12-20-7-6-16-15(20)4-5-17(23-16)18(21)19-8-10-22-11-9-19;3-2(4,5)1(6)7/h2-3,15-17H,4-12H2,1H3;(H,6,7)/t15-,16-,17-;/m1./s1. The van der Waals surface area contributed by atoms with Gasteiger partial charge in [0.1, 0.15) is 6.10 Å². The van der Waals surface area contributed by atoms with Crippen LogP contribution in [0.4, 0.5) is 13.2 Å². The van der Waals surface area contributed by atoms with Gasteiger partial charge in [0.15, 0.2) is 0 Å². The van der Waals surface area contributed by atoms with Crippen molar-refractivity contribution < 1.29 is 37.3 Å². The maximum Gasteiger partial charge on any atom is 0.490 e. The SMILES string of the molecule is Cc1ccc(CN2CC[C@H]3O[C@@H](C(=O)N4CCOCC4)CC[C@H]32)s1.O=C(O)C(F)(F)F. The van der Waals surface area contributed by atoms with Crippen LogP contribution in [0.25, 0.3) is 0 Å². The van der Waals surface area contributed by atoms with Gasteiger partial charge in [-0.25, -0.2) is 4.79 Å². The third-order valence-corrected chi connectivity index (χ3v) is 6.64. The van der Waals surface area contributed by atoms with E-state index in [1.165, 1.54) is 9.75 Å². The van der Waals surface area contributed by atoms with Crippen molar-refractivity contribution in [2.75, 3.05) is 32.8 Å². The van der Waals surface area contributed by atoms with E-state index in [-0.39, 0.29) is 18.1 Å². The van der Waals surface area contributed by atoms with Crippen LogP contribution in [-0.2, 0) is 25.6 Å². The van der Waals surface area contributed by atoms with Crippen LogP contribution in [0.3, 0.4) is 0 Å². The number of aryl methyl sites for hydroxylation is 1. The number of hydrogen-bond acceptors (Lipinski definition) is 6. The van der Waals surface area contributed by atoms with Crippen LogP contribution in [0.15, 0.2) is 12.1 Å². The van der Waals surface area contributed by atoms with E-state index in [2.05, 4.69) is 24.0 Å². The zero-order chi connectivity index (χ0) is 22.6. The molecule has 3 aliphatic rings. The van der Waals surface area contributed by atoms with E-state index >= 15 is 0 Å². The number of carboxylic acids is 1. The van der Waals surface area contributed by atoms with Gasteiger partial charge in [0, 0.05) is 42.0 Å². The number of carbonyl (C=O) groups excluding carboxylic acids is 1. The van der Waals surface area contributed by atoms with E-state index in [0.29, 0.717) is 32.3 Å². The highest BCUT2D eigenvalue weighted by molar-refractivity contribution is 7.11. The highest BCUT2D eigenvalue weighted by Gasteiger charge is 2.42. The third-order valence-electron chi connectivity index (χ3n) is 5.66. The van der Waals surface area contributed by atoms with Gasteiger partial charge < -0.3 is 19.5 Å². The molecule has 0 saturated carbocycles. The van der Waals surface area contributed by atoms with Gasteiger partial charge in [-0.1, -0.05) is 0 Å². The molecule has 0 aromatic carbocycles. The fourth-order valence-electron chi connectivity index (χ4n) is 4.15. The number of halogens is 3. The van der Waals surface area contributed by atoms with E-state index in [4.69, 9.17) is 19.4 Å². The lowest BCUT2D eigenvalue weighted by molar-refractivity contribution is -0.192. The summed E-state index contributed by atoms with van der Waals surface area (Å²) in [7, 11) is 0. The Bertz CT molecular complexity index is 766. The molecule has 174 valence electrons. The first-order valence-corrected chi connectivity index (χ1v) is 11.1. The van der Waals surface area contributed by atoms with Crippen molar-refractivity contribution in [3.63, 3.8) is 0 Å². The average molecular weight is 465 g/mol. The molecule has 7 nitrogen and oxygen atoms in total. The summed E-state index contributed by atoms with van der Waals surface area (Å²) in [6.45, 7) is 6.96. The number of alkyl halides is 3. The van der Waals surface area contributed by atoms with Crippen LogP contribution in [-0.4, -0.2) is 84.1 Å². The minimum absolute atomic E-state index is 0.170. The maximum atomic E-state index is 12.7. The molecule has 4 rings (SSSR count). The van der Waals surface area contributed by atoms with Crippen molar-refractivity contribution in [2.24, 2.45) is 0 Å². The lowest BCUT2D eigenvalue weighted by Gasteiger charge is -2.38. The molecule has 3 atom stereocenters. The predicted octanol–water partition coefficient (Wildman–Crippen LogP) is 2.67. The summed E-state index contributed by atoms with van der Waals surface area (Å²) in [6.07, 6.45) is -2.15. The van der Waals surface area contributed by atoms with Crippen molar-refractivity contribution >= 4 is 23.2 Å². The zero-order valence-corrected chi connectivity index (χ0v) is 18.1. The fourth-order valence-corrected chi connectivity index (χ4v) is 5.07. The summed E-state index contributed by atoms with van der Waals surface area (Å²) >= 11 is 1.88. The Morgan fingerprint density at radius 1 is 1.16 bits per heavy atom. The summed E-state index contributed by atoms with van der Waals surface area (Å²) in [5.74, 6) is -2.59. The van der Waals surface area contributed by atoms with Crippen molar-refractivity contribution in [3.05, 3.63) is 21.9 Å². The van der Waals surface area contributed by atoms with Crippen LogP contribution in [0.2, 0.25) is 0 Å². The van der Waals surface area contributed by atoms with Gasteiger partial charge in [0.2, 0.25) is 0 Å². The Balaban J connectivity index is 0.000000339. The van der Waals surface area contributed by atoms with E-state index in [0.717, 1.165) is 32.4 Å². The average Bonchev–Trinajstić information content (AvgIpc) is 3.33. The molecule has 11 heteroatoms. The second kappa shape index (κ2) is 10.3. The highest BCUT2D eigenvalue weighted by Crippen LogP contribution is 2.34. The number of fused-ring (bicyclic) bond motifs is 1. The predicted molar refractivity (Wildman–Crippen MR) is 107 cm³/mol. The minimum atomic E-state index is -5.08. The molecule has 1 amide bonds. The molecule has 3 aliphatic heterocycles. The Morgan fingerprint density at radius 2 is 1.84 bits per heavy atom. The molecule has 1 aromatic rings. The number of thiophene rings is 1. The van der Waals surface area contributed by atoms with Crippen molar-refractivity contribution in [2.45, 2.75) is 57.2 Å². The van der Waals surface area contributed by atoms with E-state index < -0.39 is 12.1 Å². The molecule has 31 heavy (non-hydrogen) atoms. The number of rotatable bonds is 3. The smallest absolute Gasteiger partial charge is 0.475 e. The van der Waals surface area contributed by atoms with Crippen molar-refractivity contribution in [1.29, 1.82) is 0 Å². The zero-order valence-electron chi connectivity index (χ0n) is 17.3. The normalized spacial score (nSPS) is 26.7. The molecule has 4 heterocycles. The van der Waals surface area contributed by atoms with Gasteiger partial charge in [-0.3, -0.25) is 9.69 Å². The summed E-state index contributed by atoms with van der Waals surface area (Å²) in [4.78, 5) is 28.8. The summed E-state index contributed by atoms with van der Waals surface area (Å²) in [5, 5.41) is 7.12. The lowest BCUT2D eigenvalue weighted by atomic mass is 9.98. The van der Waals surface area contributed by atoms with Crippen molar-refractivity contribution in [1.82, 2.24) is 9.80 Å². The van der Waals surface area contributed by atoms with E-state index in [1.807, 2.05) is 16.2 Å². The Hall–Kier alpha value is -1.69. The van der Waals surface area contributed by atoms with Crippen molar-refractivity contribution in [3.8, 4) is 0 Å². The number of carboxylic acid groups (broad SMARTS) is 1. The molecule has 0 radical (unpaired) electrons. The number of likely N-dealkylation sites (tertiary alicyclic amines) is 1. The fraction of sp³-hybridized carbons (Fsp3) is 0.700. The van der Waals surface area contributed by atoms with Gasteiger partial charge in [-0.15, -0.1) is 11.3 Å². The monoisotopic (exact) mass is 464 g/mol. The quantitative estimate of drug-likeness (QED) is 0.741. The number of amides is 1. The third kappa shape index (κ3) is 6.41. The van der Waals surface area contributed by atoms with Gasteiger partial charge in [0.25, 0.3) is 5.91 Å². The maximum absolute atomic E-state index is 12.7. The highest BCUT2D eigenvalue weighted by atomic mass is 32.1. The van der Waals surface area contributed by atoms with Crippen LogP contribution >= 0.6 is 11.3 Å². The number of aliphatic carboxylic acids is 1. The number of ether oxygens (including phenoxy) is 2. The van der Waals surface area contributed by atoms with Gasteiger partial charge >= 0.3 is 12.1 Å². The number of morpholine rings is 1. The van der Waals surface area contributed by atoms with Gasteiger partial charge in [-0.2, -0.15) is 13.2 Å². The van der Waals surface area contributed by atoms with Crippen LogP contribution < -0.4 is 0 Å². The molecule has 3 fully saturated rings. The lowest BCUT2D eigenvalue weighted by Crippen LogP contribution is -2.51. The molecule has 0 spiro atoms. The first-order chi connectivity index (χ1) is 14.6. The molecule has 1 aromatic heterocycles. The van der Waals surface area contributed by atoms with E-state index in [9.17, 15) is 18.0 Å². The molecular formula is C20H27F3N2O5S. The first kappa shape index (κ1) is 24.0. The Labute approximate surface area is 182 Å². The summed E-state index contributed by atoms with van der Waals surface area (Å²) in [6, 6.07) is 4.91.